The van der Waals surface area contributed by atoms with E-state index in [0.29, 0.717) is 18.2 Å². The van der Waals surface area contributed by atoms with Crippen LogP contribution in [-0.4, -0.2) is 38.1 Å². The number of hydrogen-bond donors (Lipinski definition) is 0. The number of halogens is 5. The molecule has 2 aromatic rings. The van der Waals surface area contributed by atoms with Crippen LogP contribution in [0, 0.1) is 17.1 Å². The van der Waals surface area contributed by atoms with Crippen LogP contribution in [0.2, 0.25) is 5.02 Å². The average molecular weight is 476 g/mol. The summed E-state index contributed by atoms with van der Waals surface area (Å²) in [5, 5.41) is 9.20. The molecular formula is C20H18ClF4N3O2S. The van der Waals surface area contributed by atoms with Gasteiger partial charge in [0.25, 0.3) is 0 Å². The highest BCUT2D eigenvalue weighted by molar-refractivity contribution is 7.88. The lowest BCUT2D eigenvalue weighted by atomic mass is 10.0. The summed E-state index contributed by atoms with van der Waals surface area (Å²) in [5.41, 5.74) is -0.666. The first-order chi connectivity index (χ1) is 14.4. The molecule has 166 valence electrons. The Balaban J connectivity index is 2.05. The summed E-state index contributed by atoms with van der Waals surface area (Å²) in [6.45, 7) is -0.0521. The molecule has 0 aromatic heterocycles. The van der Waals surface area contributed by atoms with Gasteiger partial charge in [0.05, 0.1) is 22.4 Å². The van der Waals surface area contributed by atoms with E-state index in [1.165, 1.54) is 22.5 Å². The molecule has 11 heteroatoms. The Bertz CT molecular complexity index is 1130. The molecule has 3 rings (SSSR count). The second-order valence-electron chi connectivity index (χ2n) is 7.27. The smallest absolute Gasteiger partial charge is 0.363 e. The minimum atomic E-state index is -4.69. The van der Waals surface area contributed by atoms with Crippen LogP contribution in [0.4, 0.5) is 23.2 Å². The molecule has 1 aliphatic heterocycles. The van der Waals surface area contributed by atoms with Crippen molar-refractivity contribution in [3.63, 3.8) is 0 Å². The molecule has 1 aliphatic rings. The maximum atomic E-state index is 13.8. The Morgan fingerprint density at radius 2 is 1.97 bits per heavy atom. The summed E-state index contributed by atoms with van der Waals surface area (Å²) >= 11 is 6.12. The maximum Gasteiger partial charge on any atom is 0.416 e. The zero-order chi connectivity index (χ0) is 23.0. The first-order valence-electron chi connectivity index (χ1n) is 9.17. The van der Waals surface area contributed by atoms with Crippen molar-refractivity contribution in [2.24, 2.45) is 0 Å². The number of hydrogen-bond acceptors (Lipinski definition) is 4. The van der Waals surface area contributed by atoms with Crippen molar-refractivity contribution >= 4 is 27.3 Å². The summed E-state index contributed by atoms with van der Waals surface area (Å²) in [7, 11) is -3.48. The first-order valence-corrected chi connectivity index (χ1v) is 11.4. The van der Waals surface area contributed by atoms with E-state index in [9.17, 15) is 26.0 Å². The SMILES string of the molecule is CS(=O)(=O)N1CC[C@H](N(Cc2cc(F)ccc2C(F)(F)F)c2ccc(C#N)c(Cl)c2)C1. The third-order valence-corrected chi connectivity index (χ3v) is 6.74. The van der Waals surface area contributed by atoms with Crippen LogP contribution in [-0.2, 0) is 22.7 Å². The lowest BCUT2D eigenvalue weighted by Gasteiger charge is -2.32. The van der Waals surface area contributed by atoms with Crippen molar-refractivity contribution in [2.45, 2.75) is 25.2 Å². The van der Waals surface area contributed by atoms with E-state index >= 15 is 0 Å². The largest absolute Gasteiger partial charge is 0.416 e. The fourth-order valence-electron chi connectivity index (χ4n) is 3.62. The zero-order valence-corrected chi connectivity index (χ0v) is 17.9. The molecule has 0 aliphatic carbocycles. The lowest BCUT2D eigenvalue weighted by molar-refractivity contribution is -0.138. The summed E-state index contributed by atoms with van der Waals surface area (Å²) < 4.78 is 79.4. The number of rotatable bonds is 5. The predicted molar refractivity (Wildman–Crippen MR) is 109 cm³/mol. The molecule has 0 unspecified atom stereocenters. The van der Waals surface area contributed by atoms with Crippen molar-refractivity contribution in [2.75, 3.05) is 24.2 Å². The topological polar surface area (TPSA) is 64.4 Å². The Morgan fingerprint density at radius 1 is 1.26 bits per heavy atom. The second kappa shape index (κ2) is 8.65. The predicted octanol–water partition coefficient (Wildman–Crippen LogP) is 4.41. The molecule has 0 spiro atoms. The molecular weight excluding hydrogens is 458 g/mol. The number of nitriles is 1. The van der Waals surface area contributed by atoms with Crippen LogP contribution in [0.15, 0.2) is 36.4 Å². The van der Waals surface area contributed by atoms with Gasteiger partial charge in [-0.25, -0.2) is 17.1 Å². The molecule has 1 fully saturated rings. The summed E-state index contributed by atoms with van der Waals surface area (Å²) in [4.78, 5) is 1.57. The van der Waals surface area contributed by atoms with Crippen molar-refractivity contribution in [3.8, 4) is 6.07 Å². The van der Waals surface area contributed by atoms with E-state index < -0.39 is 33.6 Å². The molecule has 0 saturated carbocycles. The Labute approximate surface area is 182 Å². The molecule has 1 saturated heterocycles. The van der Waals surface area contributed by atoms with E-state index in [0.717, 1.165) is 18.4 Å². The number of alkyl halides is 3. The minimum Gasteiger partial charge on any atom is -0.363 e. The van der Waals surface area contributed by atoms with Gasteiger partial charge in [-0.15, -0.1) is 0 Å². The summed E-state index contributed by atoms with van der Waals surface area (Å²) in [6, 6.07) is 8.10. The van der Waals surface area contributed by atoms with Gasteiger partial charge >= 0.3 is 6.18 Å². The van der Waals surface area contributed by atoms with Crippen LogP contribution in [0.25, 0.3) is 0 Å². The van der Waals surface area contributed by atoms with E-state index in [-0.39, 0.29) is 35.8 Å². The highest BCUT2D eigenvalue weighted by atomic mass is 35.5. The minimum absolute atomic E-state index is 0.0626. The van der Waals surface area contributed by atoms with Crippen molar-refractivity contribution in [3.05, 3.63) is 63.9 Å². The van der Waals surface area contributed by atoms with Crippen LogP contribution in [0.1, 0.15) is 23.1 Å². The number of anilines is 1. The van der Waals surface area contributed by atoms with Gasteiger partial charge in [-0.2, -0.15) is 18.4 Å². The zero-order valence-electron chi connectivity index (χ0n) is 16.3. The van der Waals surface area contributed by atoms with Gasteiger partial charge in [-0.1, -0.05) is 11.6 Å². The van der Waals surface area contributed by atoms with Crippen molar-refractivity contribution < 1.29 is 26.0 Å². The van der Waals surface area contributed by atoms with E-state index in [2.05, 4.69) is 0 Å². The molecule has 31 heavy (non-hydrogen) atoms. The van der Waals surface area contributed by atoms with Gasteiger partial charge in [-0.3, -0.25) is 0 Å². The fourth-order valence-corrected chi connectivity index (χ4v) is 4.72. The van der Waals surface area contributed by atoms with Crippen LogP contribution in [0.5, 0.6) is 0 Å². The molecule has 0 amide bonds. The van der Waals surface area contributed by atoms with E-state index in [1.807, 2.05) is 6.07 Å². The normalized spacial score (nSPS) is 17.5. The maximum absolute atomic E-state index is 13.8. The fraction of sp³-hybridized carbons (Fsp3) is 0.350. The van der Waals surface area contributed by atoms with Crippen LogP contribution in [0.3, 0.4) is 0 Å². The third-order valence-electron chi connectivity index (χ3n) is 5.15. The standard InChI is InChI=1S/C20H18ClF4N3O2S/c1-31(29,30)27-7-6-17(12-27)28(16-4-2-13(10-26)19(21)9-16)11-14-8-15(22)3-5-18(14)20(23,24)25/h2-5,8-9,17H,6-7,11-12H2,1H3/t17-/m0/s1. The van der Waals surface area contributed by atoms with Gasteiger partial charge < -0.3 is 4.90 Å². The van der Waals surface area contributed by atoms with Crippen LogP contribution >= 0.6 is 11.6 Å². The van der Waals surface area contributed by atoms with Crippen molar-refractivity contribution in [1.82, 2.24) is 4.31 Å². The summed E-state index contributed by atoms with van der Waals surface area (Å²) in [5.74, 6) is -0.815. The summed E-state index contributed by atoms with van der Waals surface area (Å²) in [6.07, 6.45) is -3.26. The lowest BCUT2D eigenvalue weighted by Crippen LogP contribution is -2.39. The third kappa shape index (κ3) is 5.29. The van der Waals surface area contributed by atoms with Gasteiger partial charge in [0.2, 0.25) is 10.0 Å². The molecule has 2 aromatic carbocycles. The first kappa shape index (κ1) is 23.3. The van der Waals surface area contributed by atoms with Crippen molar-refractivity contribution in [1.29, 1.82) is 5.26 Å². The Hall–Kier alpha value is -2.35. The monoisotopic (exact) mass is 475 g/mol. The number of sulfonamides is 1. The quantitative estimate of drug-likeness (QED) is 0.601. The molecule has 5 nitrogen and oxygen atoms in total. The molecule has 1 atom stereocenters. The van der Waals surface area contributed by atoms with E-state index in [1.54, 1.807) is 4.90 Å². The molecule has 0 radical (unpaired) electrons. The van der Waals surface area contributed by atoms with Gasteiger partial charge in [-0.05, 0) is 48.4 Å². The number of nitrogens with zero attached hydrogens (tertiary/aromatic N) is 3. The Morgan fingerprint density at radius 3 is 2.52 bits per heavy atom. The van der Waals surface area contributed by atoms with Gasteiger partial charge in [0.15, 0.2) is 0 Å². The molecule has 1 heterocycles. The number of benzene rings is 2. The van der Waals surface area contributed by atoms with Gasteiger partial charge in [0, 0.05) is 31.4 Å². The highest BCUT2D eigenvalue weighted by Gasteiger charge is 2.36. The molecule has 0 bridgehead atoms. The average Bonchev–Trinajstić information content (AvgIpc) is 3.15. The highest BCUT2D eigenvalue weighted by Crippen LogP contribution is 2.35. The van der Waals surface area contributed by atoms with E-state index in [4.69, 9.17) is 16.9 Å². The van der Waals surface area contributed by atoms with Gasteiger partial charge in [0.1, 0.15) is 11.9 Å². The van der Waals surface area contributed by atoms with Crippen LogP contribution < -0.4 is 4.90 Å². The Kier molecular flexibility index (Phi) is 6.51. The molecule has 0 N–H and O–H groups in total. The second-order valence-corrected chi connectivity index (χ2v) is 9.66.